The number of hydrogen-bond donors (Lipinski definition) is 3. The first-order valence-corrected chi connectivity index (χ1v) is 7.51. The van der Waals surface area contributed by atoms with E-state index in [0.717, 1.165) is 16.8 Å². The van der Waals surface area contributed by atoms with E-state index >= 15 is 0 Å². The molecular weight excluding hydrogens is 294 g/mol. The monoisotopic (exact) mass is 313 g/mol. The van der Waals surface area contributed by atoms with E-state index in [4.69, 9.17) is 12.2 Å². The molecule has 0 atom stereocenters. The van der Waals surface area contributed by atoms with Gasteiger partial charge in [-0.15, -0.1) is 0 Å². The number of hydrogen-bond acceptors (Lipinski definition) is 2. The average Bonchev–Trinajstić information content (AvgIpc) is 2.53. The van der Waals surface area contributed by atoms with Crippen molar-refractivity contribution < 1.29 is 4.79 Å². The predicted molar refractivity (Wildman–Crippen MR) is 94.8 cm³/mol. The summed E-state index contributed by atoms with van der Waals surface area (Å²) in [7, 11) is 0. The van der Waals surface area contributed by atoms with Gasteiger partial charge >= 0.3 is 0 Å². The molecule has 0 aliphatic rings. The summed E-state index contributed by atoms with van der Waals surface area (Å²) in [5.41, 5.74) is 3.17. The smallest absolute Gasteiger partial charge is 0.216 e. The maximum Gasteiger partial charge on any atom is 0.216 e. The molecule has 0 aliphatic heterocycles. The van der Waals surface area contributed by atoms with Crippen molar-refractivity contribution in [2.75, 3.05) is 18.4 Å². The van der Waals surface area contributed by atoms with Gasteiger partial charge in [-0.05, 0) is 23.8 Å². The molecular formula is C17H19N3OS. The summed E-state index contributed by atoms with van der Waals surface area (Å²) in [6, 6.07) is 18.2. The second kappa shape index (κ2) is 8.14. The van der Waals surface area contributed by atoms with E-state index in [1.165, 1.54) is 6.92 Å². The lowest BCUT2D eigenvalue weighted by Gasteiger charge is -2.14. The highest BCUT2D eigenvalue weighted by atomic mass is 32.1. The quantitative estimate of drug-likeness (QED) is 0.587. The van der Waals surface area contributed by atoms with Gasteiger partial charge in [0, 0.05) is 31.3 Å². The summed E-state index contributed by atoms with van der Waals surface area (Å²) in [6.07, 6.45) is 0. The van der Waals surface area contributed by atoms with Crippen molar-refractivity contribution >= 4 is 28.9 Å². The number of carbonyl (C=O) groups is 1. The van der Waals surface area contributed by atoms with Crippen LogP contribution in [0.2, 0.25) is 0 Å². The topological polar surface area (TPSA) is 53.2 Å². The molecule has 0 unspecified atom stereocenters. The number of anilines is 1. The third kappa shape index (κ3) is 4.86. The minimum absolute atomic E-state index is 0.0462. The van der Waals surface area contributed by atoms with Crippen LogP contribution in [0.5, 0.6) is 0 Å². The fourth-order valence-electron chi connectivity index (χ4n) is 2.04. The Morgan fingerprint density at radius 3 is 2.32 bits per heavy atom. The number of benzene rings is 2. The first-order valence-electron chi connectivity index (χ1n) is 7.10. The fraction of sp³-hybridized carbons (Fsp3) is 0.176. The molecule has 2 aromatic rings. The Morgan fingerprint density at radius 1 is 0.955 bits per heavy atom. The van der Waals surface area contributed by atoms with Crippen LogP contribution in [0.1, 0.15) is 6.92 Å². The normalized spacial score (nSPS) is 9.86. The zero-order valence-corrected chi connectivity index (χ0v) is 13.2. The highest BCUT2D eigenvalue weighted by Gasteiger charge is 2.05. The standard InChI is InChI=1S/C17H19N3OS/c1-13(21)18-11-12-19-17(22)20-16-10-6-5-9-15(16)14-7-3-2-4-8-14/h2-10H,11-12H2,1H3,(H,18,21)(H2,19,20,22). The van der Waals surface area contributed by atoms with Gasteiger partial charge in [0.1, 0.15) is 0 Å². The molecule has 0 saturated carbocycles. The number of carbonyl (C=O) groups excluding carboxylic acids is 1. The molecule has 0 saturated heterocycles. The largest absolute Gasteiger partial charge is 0.361 e. The van der Waals surface area contributed by atoms with E-state index in [1.54, 1.807) is 0 Å². The zero-order valence-electron chi connectivity index (χ0n) is 12.4. The minimum atomic E-state index is -0.0462. The van der Waals surface area contributed by atoms with Gasteiger partial charge in [-0.1, -0.05) is 48.5 Å². The van der Waals surface area contributed by atoms with Gasteiger partial charge in [-0.2, -0.15) is 0 Å². The summed E-state index contributed by atoms with van der Waals surface area (Å²) in [5, 5.41) is 9.52. The van der Waals surface area contributed by atoms with Crippen molar-refractivity contribution in [1.82, 2.24) is 10.6 Å². The van der Waals surface area contributed by atoms with Crippen molar-refractivity contribution in [2.24, 2.45) is 0 Å². The first-order chi connectivity index (χ1) is 10.7. The fourth-order valence-corrected chi connectivity index (χ4v) is 2.25. The van der Waals surface area contributed by atoms with Crippen LogP contribution < -0.4 is 16.0 Å². The third-order valence-corrected chi connectivity index (χ3v) is 3.29. The molecule has 22 heavy (non-hydrogen) atoms. The number of amides is 1. The second-order valence-corrected chi connectivity index (χ2v) is 5.18. The molecule has 0 aliphatic carbocycles. The summed E-state index contributed by atoms with van der Waals surface area (Å²) in [5.74, 6) is -0.0462. The van der Waals surface area contributed by atoms with Crippen LogP contribution in [-0.2, 0) is 4.79 Å². The number of thiocarbonyl (C=S) groups is 1. The Kier molecular flexibility index (Phi) is 5.91. The summed E-state index contributed by atoms with van der Waals surface area (Å²) < 4.78 is 0. The van der Waals surface area contributed by atoms with Crippen molar-refractivity contribution in [3.8, 4) is 11.1 Å². The van der Waals surface area contributed by atoms with Crippen molar-refractivity contribution in [2.45, 2.75) is 6.92 Å². The lowest BCUT2D eigenvalue weighted by molar-refractivity contribution is -0.118. The van der Waals surface area contributed by atoms with Gasteiger partial charge in [0.05, 0.1) is 0 Å². The SMILES string of the molecule is CC(=O)NCCNC(=S)Nc1ccccc1-c1ccccc1. The van der Waals surface area contributed by atoms with Crippen LogP contribution in [0.15, 0.2) is 54.6 Å². The first kappa shape index (κ1) is 16.0. The van der Waals surface area contributed by atoms with E-state index < -0.39 is 0 Å². The van der Waals surface area contributed by atoms with Crippen molar-refractivity contribution in [3.05, 3.63) is 54.6 Å². The van der Waals surface area contributed by atoms with Gasteiger partial charge < -0.3 is 16.0 Å². The number of para-hydroxylation sites is 1. The van der Waals surface area contributed by atoms with Gasteiger partial charge in [0.15, 0.2) is 5.11 Å². The lowest BCUT2D eigenvalue weighted by Crippen LogP contribution is -2.36. The van der Waals surface area contributed by atoms with Crippen LogP contribution in [-0.4, -0.2) is 24.1 Å². The van der Waals surface area contributed by atoms with E-state index in [-0.39, 0.29) is 5.91 Å². The highest BCUT2D eigenvalue weighted by Crippen LogP contribution is 2.27. The maximum atomic E-state index is 10.8. The summed E-state index contributed by atoms with van der Waals surface area (Å²) >= 11 is 5.29. The van der Waals surface area contributed by atoms with Crippen molar-refractivity contribution in [1.29, 1.82) is 0 Å². The molecule has 3 N–H and O–H groups in total. The molecule has 0 aromatic heterocycles. The van der Waals surface area contributed by atoms with E-state index in [0.29, 0.717) is 18.2 Å². The molecule has 0 spiro atoms. The van der Waals surface area contributed by atoms with Gasteiger partial charge in [0.2, 0.25) is 5.91 Å². The molecule has 2 rings (SSSR count). The Bertz CT molecular complexity index is 643. The summed E-state index contributed by atoms with van der Waals surface area (Å²) in [4.78, 5) is 10.8. The maximum absolute atomic E-state index is 10.8. The average molecular weight is 313 g/mol. The molecule has 114 valence electrons. The van der Waals surface area contributed by atoms with Crippen LogP contribution in [0, 0.1) is 0 Å². The number of nitrogens with one attached hydrogen (secondary N) is 3. The number of rotatable bonds is 5. The van der Waals surface area contributed by atoms with E-state index in [1.807, 2.05) is 36.4 Å². The minimum Gasteiger partial charge on any atom is -0.361 e. The Morgan fingerprint density at radius 2 is 1.59 bits per heavy atom. The van der Waals surface area contributed by atoms with Crippen LogP contribution in [0.25, 0.3) is 11.1 Å². The van der Waals surface area contributed by atoms with Crippen LogP contribution >= 0.6 is 12.2 Å². The molecule has 5 heteroatoms. The Hall–Kier alpha value is -2.40. The van der Waals surface area contributed by atoms with E-state index in [9.17, 15) is 4.79 Å². The highest BCUT2D eigenvalue weighted by molar-refractivity contribution is 7.80. The third-order valence-electron chi connectivity index (χ3n) is 3.04. The van der Waals surface area contributed by atoms with Gasteiger partial charge in [-0.3, -0.25) is 4.79 Å². The molecule has 0 fully saturated rings. The van der Waals surface area contributed by atoms with Crippen LogP contribution in [0.3, 0.4) is 0 Å². The molecule has 2 aromatic carbocycles. The lowest BCUT2D eigenvalue weighted by atomic mass is 10.0. The van der Waals surface area contributed by atoms with Gasteiger partial charge in [-0.25, -0.2) is 0 Å². The molecule has 0 heterocycles. The van der Waals surface area contributed by atoms with Gasteiger partial charge in [0.25, 0.3) is 0 Å². The molecule has 4 nitrogen and oxygen atoms in total. The molecule has 1 amide bonds. The second-order valence-electron chi connectivity index (χ2n) is 4.78. The van der Waals surface area contributed by atoms with E-state index in [2.05, 4.69) is 34.1 Å². The predicted octanol–water partition coefficient (Wildman–Crippen LogP) is 2.78. The van der Waals surface area contributed by atoms with Crippen molar-refractivity contribution in [3.63, 3.8) is 0 Å². The Balaban J connectivity index is 1.98. The molecule has 0 radical (unpaired) electrons. The summed E-state index contributed by atoms with van der Waals surface area (Å²) in [6.45, 7) is 2.61. The Labute approximate surface area is 135 Å². The van der Waals surface area contributed by atoms with Crippen LogP contribution in [0.4, 0.5) is 5.69 Å². The zero-order chi connectivity index (χ0) is 15.8. The molecule has 0 bridgehead atoms.